The summed E-state index contributed by atoms with van der Waals surface area (Å²) in [4.78, 5) is 16.0. The number of pyridine rings is 1. The van der Waals surface area contributed by atoms with E-state index >= 15 is 0 Å². The monoisotopic (exact) mass is 295 g/mol. The molecule has 2 N–H and O–H groups in total. The summed E-state index contributed by atoms with van der Waals surface area (Å²) in [5.74, 6) is 0.382. The van der Waals surface area contributed by atoms with Crippen LogP contribution in [0.3, 0.4) is 0 Å². The second-order valence-electron chi connectivity index (χ2n) is 5.81. The molecule has 1 atom stereocenters. The molecule has 0 bridgehead atoms. The largest absolute Gasteiger partial charge is 0.326 e. The van der Waals surface area contributed by atoms with E-state index in [4.69, 9.17) is 0 Å². The fourth-order valence-corrected chi connectivity index (χ4v) is 2.32. The predicted octanol–water partition coefficient (Wildman–Crippen LogP) is 3.28. The Morgan fingerprint density at radius 2 is 2.00 bits per heavy atom. The van der Waals surface area contributed by atoms with Gasteiger partial charge in [0.2, 0.25) is 5.91 Å². The highest BCUT2D eigenvalue weighted by Gasteiger charge is 2.29. The van der Waals surface area contributed by atoms with E-state index in [1.165, 1.54) is 5.56 Å². The average Bonchev–Trinajstić information content (AvgIpc) is 3.39. The molecule has 22 heavy (non-hydrogen) atoms. The maximum absolute atomic E-state index is 11.7. The summed E-state index contributed by atoms with van der Waals surface area (Å²) >= 11 is 0. The molecule has 0 saturated heterocycles. The SMILES string of the molecule is CC(NCc1ccccn1)c1ccc(NC(=O)C2CC2)cc1. The first-order chi connectivity index (χ1) is 10.7. The Kier molecular flexibility index (Phi) is 4.49. The van der Waals surface area contributed by atoms with Gasteiger partial charge in [-0.2, -0.15) is 0 Å². The summed E-state index contributed by atoms with van der Waals surface area (Å²) in [7, 11) is 0. The third-order valence-corrected chi connectivity index (χ3v) is 3.94. The minimum atomic E-state index is 0.147. The summed E-state index contributed by atoms with van der Waals surface area (Å²) in [6, 6.07) is 14.2. The van der Waals surface area contributed by atoms with Crippen LogP contribution in [0.15, 0.2) is 48.7 Å². The summed E-state index contributed by atoms with van der Waals surface area (Å²) in [6.45, 7) is 2.86. The molecule has 1 aliphatic rings. The van der Waals surface area contributed by atoms with Crippen LogP contribution in [0.25, 0.3) is 0 Å². The zero-order valence-electron chi connectivity index (χ0n) is 12.8. The van der Waals surface area contributed by atoms with E-state index in [1.807, 2.05) is 30.3 Å². The molecule has 114 valence electrons. The number of amides is 1. The number of benzene rings is 1. The molecule has 0 radical (unpaired) electrons. The lowest BCUT2D eigenvalue weighted by Gasteiger charge is -2.14. The van der Waals surface area contributed by atoms with Crippen molar-refractivity contribution in [1.29, 1.82) is 0 Å². The number of aromatic nitrogens is 1. The number of nitrogens with one attached hydrogen (secondary N) is 2. The molecule has 1 aromatic carbocycles. The average molecular weight is 295 g/mol. The zero-order valence-corrected chi connectivity index (χ0v) is 12.8. The van der Waals surface area contributed by atoms with E-state index in [1.54, 1.807) is 6.20 Å². The van der Waals surface area contributed by atoms with Gasteiger partial charge in [-0.05, 0) is 49.6 Å². The van der Waals surface area contributed by atoms with Crippen molar-refractivity contribution in [2.24, 2.45) is 5.92 Å². The normalized spacial score (nSPS) is 15.3. The number of anilines is 1. The van der Waals surface area contributed by atoms with Crippen molar-refractivity contribution < 1.29 is 4.79 Å². The van der Waals surface area contributed by atoms with E-state index in [0.717, 1.165) is 30.8 Å². The third-order valence-electron chi connectivity index (χ3n) is 3.94. The summed E-state index contributed by atoms with van der Waals surface area (Å²) < 4.78 is 0. The molecule has 1 unspecified atom stereocenters. The third kappa shape index (κ3) is 3.92. The Bertz CT molecular complexity index is 621. The van der Waals surface area contributed by atoms with Gasteiger partial charge >= 0.3 is 0 Å². The van der Waals surface area contributed by atoms with Crippen molar-refractivity contribution >= 4 is 11.6 Å². The lowest BCUT2D eigenvalue weighted by Crippen LogP contribution is -2.19. The van der Waals surface area contributed by atoms with E-state index in [9.17, 15) is 4.79 Å². The van der Waals surface area contributed by atoms with Crippen molar-refractivity contribution in [1.82, 2.24) is 10.3 Å². The Balaban J connectivity index is 1.53. The molecule has 1 aliphatic carbocycles. The van der Waals surface area contributed by atoms with Gasteiger partial charge in [0.1, 0.15) is 0 Å². The molecule has 4 nitrogen and oxygen atoms in total. The van der Waals surface area contributed by atoms with Crippen LogP contribution < -0.4 is 10.6 Å². The highest BCUT2D eigenvalue weighted by Crippen LogP contribution is 2.30. The number of carbonyl (C=O) groups is 1. The number of hydrogen-bond donors (Lipinski definition) is 2. The van der Waals surface area contributed by atoms with Crippen LogP contribution in [0.1, 0.15) is 37.1 Å². The highest BCUT2D eigenvalue weighted by atomic mass is 16.2. The first kappa shape index (κ1) is 14.7. The van der Waals surface area contributed by atoms with Gasteiger partial charge in [0, 0.05) is 30.4 Å². The van der Waals surface area contributed by atoms with Crippen LogP contribution in [-0.4, -0.2) is 10.9 Å². The van der Waals surface area contributed by atoms with E-state index in [2.05, 4.69) is 34.7 Å². The van der Waals surface area contributed by atoms with Crippen LogP contribution in [0.2, 0.25) is 0 Å². The molecular formula is C18H21N3O. The van der Waals surface area contributed by atoms with Gasteiger partial charge in [-0.25, -0.2) is 0 Å². The molecular weight excluding hydrogens is 274 g/mol. The number of nitrogens with zero attached hydrogens (tertiary/aromatic N) is 1. The number of rotatable bonds is 6. The molecule has 4 heteroatoms. The molecule has 2 aromatic rings. The van der Waals surface area contributed by atoms with E-state index in [0.29, 0.717) is 0 Å². The van der Waals surface area contributed by atoms with Gasteiger partial charge < -0.3 is 10.6 Å². The Hall–Kier alpha value is -2.20. The maximum Gasteiger partial charge on any atom is 0.227 e. The Morgan fingerprint density at radius 1 is 1.23 bits per heavy atom. The first-order valence-corrected chi connectivity index (χ1v) is 7.76. The van der Waals surface area contributed by atoms with Gasteiger partial charge in [-0.3, -0.25) is 9.78 Å². The first-order valence-electron chi connectivity index (χ1n) is 7.76. The maximum atomic E-state index is 11.7. The van der Waals surface area contributed by atoms with Crippen LogP contribution >= 0.6 is 0 Å². The quantitative estimate of drug-likeness (QED) is 0.860. The molecule has 3 rings (SSSR count). The second-order valence-corrected chi connectivity index (χ2v) is 5.81. The van der Waals surface area contributed by atoms with Crippen molar-refractivity contribution in [3.63, 3.8) is 0 Å². The summed E-state index contributed by atoms with van der Waals surface area (Å²) in [6.07, 6.45) is 3.86. The molecule has 1 heterocycles. The topological polar surface area (TPSA) is 54.0 Å². The van der Waals surface area contributed by atoms with Crippen molar-refractivity contribution in [3.05, 3.63) is 59.9 Å². The predicted molar refractivity (Wildman–Crippen MR) is 87.3 cm³/mol. The van der Waals surface area contributed by atoms with Crippen LogP contribution in [0.4, 0.5) is 5.69 Å². The van der Waals surface area contributed by atoms with Crippen molar-refractivity contribution in [2.75, 3.05) is 5.32 Å². The van der Waals surface area contributed by atoms with Gasteiger partial charge in [-0.1, -0.05) is 18.2 Å². The van der Waals surface area contributed by atoms with E-state index < -0.39 is 0 Å². The molecule has 1 fully saturated rings. The van der Waals surface area contributed by atoms with Crippen LogP contribution in [0, 0.1) is 5.92 Å². The van der Waals surface area contributed by atoms with Crippen molar-refractivity contribution in [3.8, 4) is 0 Å². The molecule has 0 aliphatic heterocycles. The van der Waals surface area contributed by atoms with Gasteiger partial charge in [0.15, 0.2) is 0 Å². The molecule has 1 aromatic heterocycles. The minimum absolute atomic E-state index is 0.147. The van der Waals surface area contributed by atoms with Gasteiger partial charge in [0.25, 0.3) is 0 Å². The molecule has 0 spiro atoms. The van der Waals surface area contributed by atoms with Crippen LogP contribution in [-0.2, 0) is 11.3 Å². The highest BCUT2D eigenvalue weighted by molar-refractivity contribution is 5.93. The van der Waals surface area contributed by atoms with Crippen LogP contribution in [0.5, 0.6) is 0 Å². The molecule has 1 saturated carbocycles. The fourth-order valence-electron chi connectivity index (χ4n) is 2.32. The standard InChI is InChI=1S/C18H21N3O/c1-13(20-12-17-4-2-3-11-19-17)14-7-9-16(10-8-14)21-18(22)15-5-6-15/h2-4,7-11,13,15,20H,5-6,12H2,1H3,(H,21,22). The van der Waals surface area contributed by atoms with E-state index in [-0.39, 0.29) is 17.9 Å². The van der Waals surface area contributed by atoms with Gasteiger partial charge in [-0.15, -0.1) is 0 Å². The smallest absolute Gasteiger partial charge is 0.227 e. The lowest BCUT2D eigenvalue weighted by molar-refractivity contribution is -0.117. The van der Waals surface area contributed by atoms with Gasteiger partial charge in [0.05, 0.1) is 5.69 Å². The number of hydrogen-bond acceptors (Lipinski definition) is 3. The summed E-state index contributed by atoms with van der Waals surface area (Å²) in [5, 5.41) is 6.41. The fraction of sp³-hybridized carbons (Fsp3) is 0.333. The Morgan fingerprint density at radius 3 is 2.64 bits per heavy atom. The minimum Gasteiger partial charge on any atom is -0.326 e. The summed E-state index contributed by atoms with van der Waals surface area (Å²) in [5.41, 5.74) is 3.10. The molecule has 1 amide bonds. The zero-order chi connectivity index (χ0) is 15.4. The second kappa shape index (κ2) is 6.71. The lowest BCUT2D eigenvalue weighted by atomic mass is 10.1. The van der Waals surface area contributed by atoms with Crippen molar-refractivity contribution in [2.45, 2.75) is 32.4 Å². The number of carbonyl (C=O) groups excluding carboxylic acids is 1. The Labute approximate surface area is 131 Å².